The molecule has 0 aliphatic carbocycles. The molecular formula is C19H15O5PS. The first kappa shape index (κ1) is 18.3. The standard InChI is InChI=1S/C19H15O5PS/c20-19(21)14-10-8-13(9-11-14)17-6-1-2-7-18(17)25-15-4-3-5-16(12-15)26(22,23)24/h1-12,25H,(H,20,21)(H,22,23,24). The normalized spacial score (nSPS) is 11.7. The molecule has 0 radical (unpaired) electrons. The lowest BCUT2D eigenvalue weighted by molar-refractivity contribution is 0.0697. The van der Waals surface area contributed by atoms with Crippen molar-refractivity contribution >= 4 is 35.3 Å². The number of benzene rings is 3. The van der Waals surface area contributed by atoms with Crippen LogP contribution in [-0.2, 0) is 10.1 Å². The predicted molar refractivity (Wildman–Crippen MR) is 103 cm³/mol. The second kappa shape index (κ2) is 7.38. The molecule has 26 heavy (non-hydrogen) atoms. The lowest BCUT2D eigenvalue weighted by Crippen LogP contribution is -2.08. The van der Waals surface area contributed by atoms with Crippen LogP contribution < -0.4 is 10.6 Å². The maximum Gasteiger partial charge on any atom is 0.335 e. The lowest BCUT2D eigenvalue weighted by atomic mass is 10.0. The fourth-order valence-electron chi connectivity index (χ4n) is 2.53. The number of rotatable bonds is 5. The minimum atomic E-state index is -4.24. The Hall–Kier alpha value is -2.53. The van der Waals surface area contributed by atoms with Crippen LogP contribution in [-0.4, -0.2) is 24.0 Å². The Morgan fingerprint density at radius 2 is 1.58 bits per heavy atom. The molecule has 7 heteroatoms. The van der Waals surface area contributed by atoms with Gasteiger partial charge in [0.25, 0.3) is 10.1 Å². The molecule has 1 atom stereocenters. The van der Waals surface area contributed by atoms with Crippen molar-refractivity contribution in [1.82, 2.24) is 0 Å². The summed E-state index contributed by atoms with van der Waals surface area (Å²) in [7, 11) is -4.07. The van der Waals surface area contributed by atoms with E-state index in [9.17, 15) is 17.8 Å². The summed E-state index contributed by atoms with van der Waals surface area (Å²) in [6, 6.07) is 20.5. The van der Waals surface area contributed by atoms with Crippen molar-refractivity contribution in [3.8, 4) is 11.1 Å². The van der Waals surface area contributed by atoms with Crippen molar-refractivity contribution in [2.45, 2.75) is 4.90 Å². The molecule has 0 amide bonds. The van der Waals surface area contributed by atoms with Crippen LogP contribution in [0.15, 0.2) is 77.7 Å². The Labute approximate surface area is 152 Å². The summed E-state index contributed by atoms with van der Waals surface area (Å²) in [5.74, 6) is -0.978. The van der Waals surface area contributed by atoms with Crippen LogP contribution in [0.1, 0.15) is 10.4 Å². The lowest BCUT2D eigenvalue weighted by Gasteiger charge is -2.11. The van der Waals surface area contributed by atoms with Gasteiger partial charge in [-0.1, -0.05) is 57.1 Å². The number of carboxylic acid groups (broad SMARTS) is 1. The van der Waals surface area contributed by atoms with Crippen molar-refractivity contribution < 1.29 is 22.9 Å². The number of aromatic carboxylic acids is 1. The molecule has 0 spiro atoms. The number of hydrogen-bond acceptors (Lipinski definition) is 3. The van der Waals surface area contributed by atoms with E-state index in [-0.39, 0.29) is 19.0 Å². The Morgan fingerprint density at radius 3 is 2.23 bits per heavy atom. The van der Waals surface area contributed by atoms with Crippen LogP contribution in [0.2, 0.25) is 0 Å². The number of hydrogen-bond donors (Lipinski definition) is 2. The van der Waals surface area contributed by atoms with E-state index < -0.39 is 16.1 Å². The van der Waals surface area contributed by atoms with Gasteiger partial charge >= 0.3 is 5.97 Å². The van der Waals surface area contributed by atoms with E-state index in [4.69, 9.17) is 5.11 Å². The van der Waals surface area contributed by atoms with Gasteiger partial charge in [-0.15, -0.1) is 0 Å². The highest BCUT2D eigenvalue weighted by atomic mass is 32.2. The first-order valence-corrected chi connectivity index (χ1v) is 10.1. The van der Waals surface area contributed by atoms with Gasteiger partial charge in [-0.3, -0.25) is 4.55 Å². The molecule has 132 valence electrons. The highest BCUT2D eigenvalue weighted by Gasteiger charge is 2.11. The molecule has 3 rings (SSSR count). The maximum atomic E-state index is 11.3. The summed E-state index contributed by atoms with van der Waals surface area (Å²) >= 11 is 0. The molecule has 0 aliphatic rings. The van der Waals surface area contributed by atoms with Crippen molar-refractivity contribution in [2.24, 2.45) is 0 Å². The summed E-state index contributed by atoms with van der Waals surface area (Å²) in [6.45, 7) is 0. The summed E-state index contributed by atoms with van der Waals surface area (Å²) in [6.07, 6.45) is 0. The number of carbonyl (C=O) groups is 1. The SMILES string of the molecule is O=C(O)c1ccc(-c2ccccc2Pc2cccc(S(=O)(=O)O)c2)cc1. The van der Waals surface area contributed by atoms with Crippen molar-refractivity contribution in [2.75, 3.05) is 0 Å². The van der Waals surface area contributed by atoms with Crippen LogP contribution in [0.4, 0.5) is 0 Å². The zero-order chi connectivity index (χ0) is 18.7. The quantitative estimate of drug-likeness (QED) is 0.520. The molecule has 0 saturated carbocycles. The van der Waals surface area contributed by atoms with Crippen LogP contribution >= 0.6 is 8.58 Å². The summed E-state index contributed by atoms with van der Waals surface area (Å²) in [5.41, 5.74) is 2.04. The molecule has 0 bridgehead atoms. The second-order valence-corrected chi connectivity index (χ2v) is 8.34. The summed E-state index contributed by atoms with van der Waals surface area (Å²) in [4.78, 5) is 10.9. The van der Waals surface area contributed by atoms with E-state index in [0.29, 0.717) is 0 Å². The molecule has 3 aromatic rings. The first-order chi connectivity index (χ1) is 12.3. The van der Waals surface area contributed by atoms with Crippen LogP contribution in [0, 0.1) is 0 Å². The minimum absolute atomic E-state index is 0.134. The Balaban J connectivity index is 1.97. The highest BCUT2D eigenvalue weighted by Crippen LogP contribution is 2.24. The Morgan fingerprint density at radius 1 is 0.885 bits per heavy atom. The molecule has 1 unspecified atom stereocenters. The van der Waals surface area contributed by atoms with Crippen LogP contribution in [0.5, 0.6) is 0 Å². The first-order valence-electron chi connectivity index (χ1n) is 7.62. The molecule has 2 N–H and O–H groups in total. The van der Waals surface area contributed by atoms with Crippen molar-refractivity contribution in [3.63, 3.8) is 0 Å². The van der Waals surface area contributed by atoms with Gasteiger partial charge in [-0.2, -0.15) is 8.42 Å². The van der Waals surface area contributed by atoms with Crippen molar-refractivity contribution in [3.05, 3.63) is 78.4 Å². The Bertz CT molecular complexity index is 1060. The zero-order valence-corrected chi connectivity index (χ0v) is 15.3. The van der Waals surface area contributed by atoms with E-state index in [0.717, 1.165) is 21.7 Å². The highest BCUT2D eigenvalue weighted by molar-refractivity contribution is 7.85. The van der Waals surface area contributed by atoms with Gasteiger partial charge in [0.05, 0.1) is 10.5 Å². The van der Waals surface area contributed by atoms with E-state index in [1.165, 1.54) is 12.1 Å². The monoisotopic (exact) mass is 386 g/mol. The number of carboxylic acids is 1. The van der Waals surface area contributed by atoms with E-state index in [1.807, 2.05) is 24.3 Å². The maximum absolute atomic E-state index is 11.3. The van der Waals surface area contributed by atoms with Gasteiger partial charge in [0, 0.05) is 0 Å². The van der Waals surface area contributed by atoms with Gasteiger partial charge in [0.15, 0.2) is 0 Å². The van der Waals surface area contributed by atoms with Gasteiger partial charge in [0.2, 0.25) is 0 Å². The average molecular weight is 386 g/mol. The zero-order valence-electron chi connectivity index (χ0n) is 13.5. The fraction of sp³-hybridized carbons (Fsp3) is 0. The second-order valence-electron chi connectivity index (χ2n) is 5.56. The molecule has 0 heterocycles. The molecule has 0 aliphatic heterocycles. The third kappa shape index (κ3) is 4.17. The average Bonchev–Trinajstić information content (AvgIpc) is 2.62. The van der Waals surface area contributed by atoms with Crippen LogP contribution in [0.25, 0.3) is 11.1 Å². The fourth-order valence-corrected chi connectivity index (χ4v) is 4.42. The third-order valence-electron chi connectivity index (χ3n) is 3.78. The molecule has 5 nitrogen and oxygen atoms in total. The Kier molecular flexibility index (Phi) is 5.18. The van der Waals surface area contributed by atoms with E-state index >= 15 is 0 Å². The van der Waals surface area contributed by atoms with E-state index in [1.54, 1.807) is 36.4 Å². The third-order valence-corrected chi connectivity index (χ3v) is 5.94. The minimum Gasteiger partial charge on any atom is -0.478 e. The van der Waals surface area contributed by atoms with Gasteiger partial charge in [-0.05, 0) is 46.0 Å². The van der Waals surface area contributed by atoms with Gasteiger partial charge < -0.3 is 5.11 Å². The van der Waals surface area contributed by atoms with Crippen LogP contribution in [0.3, 0.4) is 0 Å². The molecule has 3 aromatic carbocycles. The summed E-state index contributed by atoms with van der Waals surface area (Å²) in [5, 5.41) is 10.8. The molecule has 0 saturated heterocycles. The van der Waals surface area contributed by atoms with Gasteiger partial charge in [0.1, 0.15) is 0 Å². The molecule has 0 fully saturated rings. The smallest absolute Gasteiger partial charge is 0.335 e. The van der Waals surface area contributed by atoms with Crippen molar-refractivity contribution in [1.29, 1.82) is 0 Å². The molecule has 0 aromatic heterocycles. The largest absolute Gasteiger partial charge is 0.478 e. The summed E-state index contributed by atoms with van der Waals surface area (Å²) < 4.78 is 31.9. The predicted octanol–water partition coefficient (Wildman–Crippen LogP) is 2.93. The molecular weight excluding hydrogens is 371 g/mol. The topological polar surface area (TPSA) is 91.7 Å². The van der Waals surface area contributed by atoms with Gasteiger partial charge in [-0.25, -0.2) is 4.79 Å². The van der Waals surface area contributed by atoms with E-state index in [2.05, 4.69) is 0 Å².